The van der Waals surface area contributed by atoms with E-state index in [1.165, 1.54) is 36.6 Å². The summed E-state index contributed by atoms with van der Waals surface area (Å²) in [6.07, 6.45) is 0.865. The Morgan fingerprint density at radius 3 is 2.08 bits per heavy atom. The fraction of sp³-hybridized carbons (Fsp3) is 0.205. The van der Waals surface area contributed by atoms with Crippen molar-refractivity contribution in [1.82, 2.24) is 14.4 Å². The van der Waals surface area contributed by atoms with Gasteiger partial charge in [-0.05, 0) is 68.3 Å². The fourth-order valence-electron chi connectivity index (χ4n) is 7.83. The maximum Gasteiger partial charge on any atom is 0.297 e. The summed E-state index contributed by atoms with van der Waals surface area (Å²) in [6, 6.07) is 18.1. The van der Waals surface area contributed by atoms with Crippen LogP contribution in [0.1, 0.15) is 24.0 Å². The quantitative estimate of drug-likeness (QED) is 0.00658. The molecule has 8 N–H and O–H groups in total. The first-order valence-electron chi connectivity index (χ1n) is 22.8. The number of phenols is 1. The SMILES string of the molecule is COc1cc(N=Nc2c(SOOO)cc3c(S(=O)(=O)O)c(N=Nc4c(C)c(C#N)c5nc6ccccc6n5c4O)ccc3c2O)c(N(CCCSOOO)CCCS(=O)(=O)O)cc1N=Nc1nc2cc(SOOO)c(Cl)cc2s1.CS(=O)(=O)O. The van der Waals surface area contributed by atoms with Crippen LogP contribution in [0.5, 0.6) is 17.4 Å². The topological polar surface area (TPSA) is 460 Å². The third-order valence-corrected chi connectivity index (χ3v) is 16.1. The molecule has 3 aromatic heterocycles. The summed E-state index contributed by atoms with van der Waals surface area (Å²) in [5.41, 5.74) is 0.584. The van der Waals surface area contributed by atoms with Crippen LogP contribution in [-0.4, -0.2) is 117 Å². The predicted octanol–water partition coefficient (Wildman–Crippen LogP) is 11.9. The first kappa shape index (κ1) is 65.0. The lowest BCUT2D eigenvalue weighted by atomic mass is 10.1. The van der Waals surface area contributed by atoms with E-state index in [1.54, 1.807) is 41.3 Å². The molecule has 0 aliphatic rings. The summed E-state index contributed by atoms with van der Waals surface area (Å²) >= 11 is 9.04. The Hall–Kier alpha value is -6.60. The molecule has 0 radical (unpaired) electrons. The standard InChI is InChI=1S/C43H36ClN11O18S6.CH4O3S/c1-21-24(20-45)41-46-26-7-3-4-8-31(26)55(41)42(57)37(21)51-48-27-10-9-22-23(40(27)79(64,65)66)15-36(77-73-70-60)38(39(22)56)52-49-28-18-33(67-2)29(17-32(28)54(11-5-13-74-71-68-58)12-6-14-78(61,62)63)50-53-43-47-30-19-34(76-72-69-59)25(44)16-35(30)75-43;1-5(2,3)4/h3-4,7-10,15-19,56-60H,5-6,11-14H2,1-2H3,(H,61,62,63)(H,64,65,66);1H3,(H,2,3,4). The van der Waals surface area contributed by atoms with Crippen molar-refractivity contribution < 1.29 is 97.7 Å². The second kappa shape index (κ2) is 28.5. The molecule has 0 aliphatic carbocycles. The molecule has 5 aromatic carbocycles. The molecule has 3 heterocycles. The third kappa shape index (κ3) is 16.2. The minimum atomic E-state index is -5.29. The fourth-order valence-corrected chi connectivity index (χ4v) is 11.5. The highest BCUT2D eigenvalue weighted by Crippen LogP contribution is 2.49. The Balaban J connectivity index is 0.00000194. The minimum absolute atomic E-state index is 0.0254. The molecule has 0 atom stereocenters. The van der Waals surface area contributed by atoms with Gasteiger partial charge in [0, 0.05) is 53.3 Å². The van der Waals surface area contributed by atoms with E-state index < -0.39 is 69.4 Å². The number of aromatic hydroxyl groups is 2. The molecule has 0 spiro atoms. The summed E-state index contributed by atoms with van der Waals surface area (Å²) in [5, 5.41) is 96.6. The molecular formula is C44H40ClN11O21S7. The number of nitrogens with zero attached hydrogens (tertiary/aromatic N) is 11. The second-order valence-electron chi connectivity index (χ2n) is 16.6. The number of pyridine rings is 1. The van der Waals surface area contributed by atoms with Gasteiger partial charge in [0.2, 0.25) is 11.0 Å². The summed E-state index contributed by atoms with van der Waals surface area (Å²) in [7, 11) is -12.1. The van der Waals surface area contributed by atoms with E-state index in [2.05, 4.69) is 64.4 Å². The molecule has 0 saturated heterocycles. The molecule has 0 unspecified atom stereocenters. The third-order valence-electron chi connectivity index (χ3n) is 11.2. The van der Waals surface area contributed by atoms with Crippen molar-refractivity contribution in [2.75, 3.05) is 42.9 Å². The monoisotopic (exact) mass is 1320 g/mol. The number of benzene rings is 5. The number of fused-ring (bicyclic) bond motifs is 5. The van der Waals surface area contributed by atoms with Crippen molar-refractivity contribution >= 4 is 166 Å². The van der Waals surface area contributed by atoms with Crippen LogP contribution < -0.4 is 9.64 Å². The van der Waals surface area contributed by atoms with E-state index >= 15 is 0 Å². The van der Waals surface area contributed by atoms with E-state index in [-0.39, 0.29) is 109 Å². The highest BCUT2D eigenvalue weighted by Gasteiger charge is 2.27. The van der Waals surface area contributed by atoms with Crippen molar-refractivity contribution in [2.24, 2.45) is 30.7 Å². The van der Waals surface area contributed by atoms with Crippen LogP contribution in [0, 0.1) is 18.3 Å². The normalized spacial score (nSPS) is 12.4. The van der Waals surface area contributed by atoms with Gasteiger partial charge >= 0.3 is 0 Å². The van der Waals surface area contributed by atoms with Crippen LogP contribution in [0.25, 0.3) is 37.7 Å². The van der Waals surface area contributed by atoms with E-state index in [0.717, 1.165) is 35.5 Å². The predicted molar refractivity (Wildman–Crippen MR) is 303 cm³/mol. The van der Waals surface area contributed by atoms with Crippen molar-refractivity contribution in [3.8, 4) is 23.4 Å². The van der Waals surface area contributed by atoms with Crippen molar-refractivity contribution in [1.29, 1.82) is 5.26 Å². The van der Waals surface area contributed by atoms with Crippen LogP contribution in [0.3, 0.4) is 0 Å². The number of aromatic nitrogens is 3. The van der Waals surface area contributed by atoms with E-state index in [1.807, 2.05) is 6.07 Å². The number of para-hydroxylation sites is 2. The molecule has 446 valence electrons. The molecule has 0 fully saturated rings. The molecule has 0 aliphatic heterocycles. The number of azo groups is 3. The van der Waals surface area contributed by atoms with Crippen molar-refractivity contribution in [2.45, 2.75) is 34.5 Å². The van der Waals surface area contributed by atoms with Gasteiger partial charge in [-0.1, -0.05) is 50.2 Å². The number of rotatable bonds is 25. The lowest BCUT2D eigenvalue weighted by Crippen LogP contribution is -2.27. The average Bonchev–Trinajstić information content (AvgIpc) is 1.65. The molecule has 40 heteroatoms. The summed E-state index contributed by atoms with van der Waals surface area (Å²) in [4.78, 5) is 9.73. The van der Waals surface area contributed by atoms with Gasteiger partial charge in [0.05, 0.1) is 85.0 Å². The number of thiazole rings is 1. The summed E-state index contributed by atoms with van der Waals surface area (Å²) in [5.74, 6) is -1.68. The number of imidazole rings is 1. The lowest BCUT2D eigenvalue weighted by Gasteiger charge is -2.26. The summed E-state index contributed by atoms with van der Waals surface area (Å²) in [6.45, 7) is 1.52. The molecule has 84 heavy (non-hydrogen) atoms. The zero-order valence-electron chi connectivity index (χ0n) is 42.6. The maximum atomic E-state index is 13.3. The Kier molecular flexibility index (Phi) is 22.1. The Labute approximate surface area is 495 Å². The van der Waals surface area contributed by atoms with Gasteiger partial charge in [0.25, 0.3) is 30.4 Å². The molecule has 0 amide bonds. The van der Waals surface area contributed by atoms with Gasteiger partial charge in [-0.15, -0.1) is 43.7 Å². The molecule has 8 aromatic rings. The molecular weight excluding hydrogens is 1280 g/mol. The van der Waals surface area contributed by atoms with Gasteiger partial charge in [-0.25, -0.2) is 25.7 Å². The number of hydrogen-bond donors (Lipinski definition) is 8. The highest BCUT2D eigenvalue weighted by molar-refractivity contribution is 7.95. The van der Waals surface area contributed by atoms with E-state index in [4.69, 9.17) is 35.7 Å². The highest BCUT2D eigenvalue weighted by atomic mass is 35.5. The average molecular weight is 1320 g/mol. The van der Waals surface area contributed by atoms with Crippen molar-refractivity contribution in [3.05, 3.63) is 82.9 Å². The zero-order chi connectivity index (χ0) is 61.1. The molecule has 8 rings (SSSR count). The number of ether oxygens (including phenoxy) is 1. The Bertz CT molecular complexity index is 4260. The van der Waals surface area contributed by atoms with Crippen molar-refractivity contribution in [3.63, 3.8) is 0 Å². The van der Waals surface area contributed by atoms with Crippen LogP contribution in [0.15, 0.2) is 112 Å². The number of phenolic OH excluding ortho intramolecular Hbond substituents is 1. The van der Waals surface area contributed by atoms with Gasteiger partial charge in [-0.2, -0.15) is 30.5 Å². The smallest absolute Gasteiger partial charge is 0.297 e. The Morgan fingerprint density at radius 2 is 1.42 bits per heavy atom. The first-order valence-corrected chi connectivity index (χ1v) is 31.3. The molecule has 0 bridgehead atoms. The van der Waals surface area contributed by atoms with Crippen LogP contribution in [0.4, 0.5) is 39.3 Å². The van der Waals surface area contributed by atoms with Crippen LogP contribution in [0.2, 0.25) is 5.02 Å². The van der Waals surface area contributed by atoms with Crippen LogP contribution >= 0.6 is 59.1 Å². The summed E-state index contributed by atoms with van der Waals surface area (Å²) < 4.78 is 118. The molecule has 0 saturated carbocycles. The van der Waals surface area contributed by atoms with Gasteiger partial charge in [-0.3, -0.25) is 18.1 Å². The number of hydrogen-bond acceptors (Lipinski definition) is 32. The minimum Gasteiger partial charge on any atom is -0.505 e. The maximum absolute atomic E-state index is 13.3. The number of methoxy groups -OCH3 is 1. The number of nitriles is 1. The number of halogens is 1. The molecule has 32 nitrogen and oxygen atoms in total. The van der Waals surface area contributed by atoms with E-state index in [9.17, 15) is 55.1 Å². The van der Waals surface area contributed by atoms with Gasteiger partial charge in [0.1, 0.15) is 45.0 Å². The lowest BCUT2D eigenvalue weighted by molar-refractivity contribution is -0.432. The van der Waals surface area contributed by atoms with Crippen LogP contribution in [-0.2, 0) is 58.5 Å². The zero-order valence-corrected chi connectivity index (χ0v) is 49.1. The number of anilines is 1. The Morgan fingerprint density at radius 1 is 0.762 bits per heavy atom. The first-order chi connectivity index (χ1) is 39.9. The van der Waals surface area contributed by atoms with Gasteiger partial charge in [0.15, 0.2) is 17.1 Å². The second-order valence-corrected chi connectivity index (χ2v) is 24.7. The van der Waals surface area contributed by atoms with Gasteiger partial charge < -0.3 is 19.8 Å². The van der Waals surface area contributed by atoms with E-state index in [0.29, 0.717) is 44.4 Å². The largest absolute Gasteiger partial charge is 0.505 e.